The van der Waals surface area contributed by atoms with Gasteiger partial charge < -0.3 is 0 Å². The van der Waals surface area contributed by atoms with Crippen molar-refractivity contribution < 1.29 is 0 Å². The number of nitrogens with zero attached hydrogens (tertiary/aromatic N) is 1. The van der Waals surface area contributed by atoms with Gasteiger partial charge in [0.2, 0.25) is 0 Å². The highest BCUT2D eigenvalue weighted by Gasteiger charge is 2.33. The van der Waals surface area contributed by atoms with Gasteiger partial charge in [0.05, 0.1) is 6.04 Å². The van der Waals surface area contributed by atoms with Crippen LogP contribution in [0.1, 0.15) is 20.3 Å². The molecule has 1 heteroatoms. The van der Waals surface area contributed by atoms with Crippen LogP contribution in [-0.4, -0.2) is 24.5 Å². The zero-order valence-corrected chi connectivity index (χ0v) is 7.67. The van der Waals surface area contributed by atoms with Crippen LogP contribution in [0.5, 0.6) is 0 Å². The molecule has 0 spiro atoms. The molecule has 0 N–H and O–H groups in total. The summed E-state index contributed by atoms with van der Waals surface area (Å²) < 4.78 is 0. The Kier molecular flexibility index (Phi) is 2.57. The van der Waals surface area contributed by atoms with Crippen molar-refractivity contribution in [2.75, 3.05) is 13.6 Å². The van der Waals surface area contributed by atoms with Crippen LogP contribution >= 0.6 is 0 Å². The molecular formula is C10H17N. The third-order valence-corrected chi connectivity index (χ3v) is 2.70. The van der Waals surface area contributed by atoms with E-state index >= 15 is 0 Å². The highest BCUT2D eigenvalue weighted by molar-refractivity contribution is 4.98. The molecule has 1 fully saturated rings. The lowest BCUT2D eigenvalue weighted by atomic mass is 10.2. The lowest BCUT2D eigenvalue weighted by molar-refractivity contribution is 0.287. The largest absolute Gasteiger partial charge is 0.293 e. The summed E-state index contributed by atoms with van der Waals surface area (Å²) in [4.78, 5) is 2.26. The van der Waals surface area contributed by atoms with Crippen LogP contribution in [0.25, 0.3) is 0 Å². The molecule has 1 saturated carbocycles. The van der Waals surface area contributed by atoms with Crippen LogP contribution in [0.2, 0.25) is 0 Å². The molecule has 62 valence electrons. The Bertz CT molecular complexity index is 168. The SMILES string of the molecule is C#CC(C)N(C)CC1CC1C. The van der Waals surface area contributed by atoms with Gasteiger partial charge in [-0.3, -0.25) is 4.90 Å². The molecule has 0 aromatic rings. The van der Waals surface area contributed by atoms with E-state index < -0.39 is 0 Å². The normalized spacial score (nSPS) is 31.5. The quantitative estimate of drug-likeness (QED) is 0.554. The molecule has 0 amide bonds. The van der Waals surface area contributed by atoms with Gasteiger partial charge in [-0.2, -0.15) is 0 Å². The molecular weight excluding hydrogens is 134 g/mol. The zero-order chi connectivity index (χ0) is 8.43. The predicted molar refractivity (Wildman–Crippen MR) is 48.2 cm³/mol. The third-order valence-electron chi connectivity index (χ3n) is 2.70. The van der Waals surface area contributed by atoms with Gasteiger partial charge in [-0.05, 0) is 32.2 Å². The van der Waals surface area contributed by atoms with Crippen molar-refractivity contribution in [3.05, 3.63) is 0 Å². The Morgan fingerprint density at radius 1 is 1.73 bits per heavy atom. The summed E-state index contributed by atoms with van der Waals surface area (Å²) in [5.41, 5.74) is 0. The molecule has 0 aliphatic heterocycles. The average Bonchev–Trinajstić information content (AvgIpc) is 2.65. The Morgan fingerprint density at radius 3 is 2.64 bits per heavy atom. The maximum absolute atomic E-state index is 5.31. The van der Waals surface area contributed by atoms with Crippen LogP contribution in [-0.2, 0) is 0 Å². The van der Waals surface area contributed by atoms with Gasteiger partial charge in [0.15, 0.2) is 0 Å². The lowest BCUT2D eigenvalue weighted by Crippen LogP contribution is -2.29. The second kappa shape index (κ2) is 3.28. The van der Waals surface area contributed by atoms with Crippen molar-refractivity contribution in [2.45, 2.75) is 26.3 Å². The van der Waals surface area contributed by atoms with E-state index in [1.54, 1.807) is 0 Å². The molecule has 0 heterocycles. The number of hydrogen-bond donors (Lipinski definition) is 0. The number of hydrogen-bond acceptors (Lipinski definition) is 1. The fourth-order valence-corrected chi connectivity index (χ4v) is 1.31. The molecule has 1 nitrogen and oxygen atoms in total. The minimum absolute atomic E-state index is 0.294. The van der Waals surface area contributed by atoms with Crippen LogP contribution in [0.15, 0.2) is 0 Å². The Morgan fingerprint density at radius 2 is 2.27 bits per heavy atom. The molecule has 0 aromatic heterocycles. The van der Waals surface area contributed by atoms with Gasteiger partial charge in [0, 0.05) is 6.54 Å². The van der Waals surface area contributed by atoms with Gasteiger partial charge in [-0.15, -0.1) is 6.42 Å². The summed E-state index contributed by atoms with van der Waals surface area (Å²) in [6, 6.07) is 0.294. The second-order valence-corrected chi connectivity index (χ2v) is 3.76. The lowest BCUT2D eigenvalue weighted by Gasteiger charge is -2.19. The fraction of sp³-hybridized carbons (Fsp3) is 0.800. The summed E-state index contributed by atoms with van der Waals surface area (Å²) in [5.74, 6) is 4.58. The molecule has 3 atom stereocenters. The van der Waals surface area contributed by atoms with Gasteiger partial charge in [0.25, 0.3) is 0 Å². The van der Waals surface area contributed by atoms with E-state index in [0.29, 0.717) is 6.04 Å². The summed E-state index contributed by atoms with van der Waals surface area (Å²) in [6.45, 7) is 5.55. The first-order valence-corrected chi connectivity index (χ1v) is 4.31. The Labute approximate surface area is 69.8 Å². The van der Waals surface area contributed by atoms with Crippen molar-refractivity contribution >= 4 is 0 Å². The van der Waals surface area contributed by atoms with Gasteiger partial charge in [-0.25, -0.2) is 0 Å². The second-order valence-electron chi connectivity index (χ2n) is 3.76. The number of rotatable bonds is 3. The van der Waals surface area contributed by atoms with E-state index in [2.05, 4.69) is 31.7 Å². The van der Waals surface area contributed by atoms with Gasteiger partial charge in [0.1, 0.15) is 0 Å². The van der Waals surface area contributed by atoms with Crippen molar-refractivity contribution in [2.24, 2.45) is 11.8 Å². The molecule has 0 bridgehead atoms. The van der Waals surface area contributed by atoms with Crippen LogP contribution < -0.4 is 0 Å². The first-order valence-electron chi connectivity index (χ1n) is 4.31. The standard InChI is InChI=1S/C10H17N/c1-5-9(3)11(4)7-10-6-8(10)2/h1,8-10H,6-7H2,2-4H3. The molecule has 1 rings (SSSR count). The van der Waals surface area contributed by atoms with E-state index in [0.717, 1.165) is 11.8 Å². The van der Waals surface area contributed by atoms with E-state index in [-0.39, 0.29) is 0 Å². The van der Waals surface area contributed by atoms with E-state index in [1.165, 1.54) is 13.0 Å². The molecule has 1 aliphatic rings. The van der Waals surface area contributed by atoms with Crippen LogP contribution in [0.4, 0.5) is 0 Å². The first kappa shape index (κ1) is 8.62. The predicted octanol–water partition coefficient (Wildman–Crippen LogP) is 1.60. The van der Waals surface area contributed by atoms with E-state index in [9.17, 15) is 0 Å². The summed E-state index contributed by atoms with van der Waals surface area (Å²) in [7, 11) is 2.11. The van der Waals surface area contributed by atoms with E-state index in [1.807, 2.05) is 0 Å². The molecule has 0 radical (unpaired) electrons. The monoisotopic (exact) mass is 151 g/mol. The van der Waals surface area contributed by atoms with Crippen LogP contribution in [0, 0.1) is 24.2 Å². The maximum Gasteiger partial charge on any atom is 0.0680 e. The van der Waals surface area contributed by atoms with Crippen LogP contribution in [0.3, 0.4) is 0 Å². The fourth-order valence-electron chi connectivity index (χ4n) is 1.31. The van der Waals surface area contributed by atoms with Crippen molar-refractivity contribution in [3.8, 4) is 12.3 Å². The van der Waals surface area contributed by atoms with E-state index in [4.69, 9.17) is 6.42 Å². The van der Waals surface area contributed by atoms with Crippen molar-refractivity contribution in [1.82, 2.24) is 4.90 Å². The molecule has 0 saturated heterocycles. The van der Waals surface area contributed by atoms with Crippen molar-refractivity contribution in [3.63, 3.8) is 0 Å². The number of terminal acetylenes is 1. The topological polar surface area (TPSA) is 3.24 Å². The van der Waals surface area contributed by atoms with Gasteiger partial charge in [-0.1, -0.05) is 12.8 Å². The minimum Gasteiger partial charge on any atom is -0.293 e. The third kappa shape index (κ3) is 2.24. The summed E-state index contributed by atoms with van der Waals surface area (Å²) in [6.07, 6.45) is 6.70. The highest BCUT2D eigenvalue weighted by atomic mass is 15.1. The summed E-state index contributed by atoms with van der Waals surface area (Å²) in [5, 5.41) is 0. The molecule has 1 aliphatic carbocycles. The highest BCUT2D eigenvalue weighted by Crippen LogP contribution is 2.38. The zero-order valence-electron chi connectivity index (χ0n) is 7.67. The maximum atomic E-state index is 5.31. The average molecular weight is 151 g/mol. The molecule has 3 unspecified atom stereocenters. The van der Waals surface area contributed by atoms with Gasteiger partial charge >= 0.3 is 0 Å². The first-order chi connectivity index (χ1) is 5.15. The smallest absolute Gasteiger partial charge is 0.0680 e. The Hall–Kier alpha value is -0.480. The van der Waals surface area contributed by atoms with Crippen molar-refractivity contribution in [1.29, 1.82) is 0 Å². The molecule has 11 heavy (non-hydrogen) atoms. The molecule has 0 aromatic carbocycles. The minimum atomic E-state index is 0.294. The summed E-state index contributed by atoms with van der Waals surface area (Å²) >= 11 is 0. The Balaban J connectivity index is 2.22.